The maximum Gasteiger partial charge on any atom is 0.293 e. The molecule has 1 aromatic heterocycles. The normalized spacial score (nSPS) is 23.9. The quantitative estimate of drug-likeness (QED) is 0.409. The zero-order valence-corrected chi connectivity index (χ0v) is 24.1. The van der Waals surface area contributed by atoms with Crippen molar-refractivity contribution in [2.24, 2.45) is 5.92 Å². The van der Waals surface area contributed by atoms with E-state index in [1.165, 1.54) is 61.6 Å². The molecule has 0 bridgehead atoms. The van der Waals surface area contributed by atoms with Gasteiger partial charge < -0.3 is 19.4 Å². The summed E-state index contributed by atoms with van der Waals surface area (Å²) < 4.78 is 13.8. The number of carbonyl (C=O) groups is 2. The van der Waals surface area contributed by atoms with E-state index in [4.69, 9.17) is 9.47 Å². The third-order valence-corrected chi connectivity index (χ3v) is 9.90. The molecule has 0 saturated heterocycles. The van der Waals surface area contributed by atoms with Crippen LogP contribution in [0.5, 0.6) is 5.75 Å². The molecule has 6 heteroatoms. The molecule has 39 heavy (non-hydrogen) atoms. The minimum atomic E-state index is -0.0800. The molecular formula is C33H44N2O4. The average molecular weight is 533 g/mol. The van der Waals surface area contributed by atoms with Crippen molar-refractivity contribution in [2.45, 2.75) is 121 Å². The van der Waals surface area contributed by atoms with E-state index in [1.807, 2.05) is 0 Å². The monoisotopic (exact) mass is 532 g/mol. The Kier molecular flexibility index (Phi) is 6.79. The van der Waals surface area contributed by atoms with Crippen LogP contribution < -0.4 is 10.1 Å². The average Bonchev–Trinajstić information content (AvgIpc) is 3.58. The Hall–Kier alpha value is -2.76. The van der Waals surface area contributed by atoms with Gasteiger partial charge in [0.2, 0.25) is 0 Å². The second-order valence-electron chi connectivity index (χ2n) is 13.7. The molecule has 2 aromatic rings. The number of nitrogens with one attached hydrogen (secondary N) is 1. The number of hydrogen-bond donors (Lipinski definition) is 1. The summed E-state index contributed by atoms with van der Waals surface area (Å²) in [6.45, 7) is 11.2. The minimum absolute atomic E-state index is 0.0262. The Balaban J connectivity index is 1.40. The first-order valence-corrected chi connectivity index (χ1v) is 15.1. The number of ether oxygens (including phenoxy) is 2. The zero-order valence-electron chi connectivity index (χ0n) is 24.1. The van der Waals surface area contributed by atoms with Crippen molar-refractivity contribution in [1.82, 2.24) is 9.88 Å². The van der Waals surface area contributed by atoms with Gasteiger partial charge in [-0.3, -0.25) is 9.59 Å². The summed E-state index contributed by atoms with van der Waals surface area (Å²) in [5.74, 6) is 1.72. The first-order chi connectivity index (χ1) is 18.7. The van der Waals surface area contributed by atoms with E-state index >= 15 is 0 Å². The van der Waals surface area contributed by atoms with Crippen LogP contribution in [0.3, 0.4) is 0 Å². The molecule has 3 saturated carbocycles. The standard InChI is InChI=1S/C33H44N2O4/c1-21-26(31(37)34-24-16-25(17-24)39-20-36)18-29(35(21)19-22-8-6-5-7-9-22)23-14-27(32(2,3)4)30-28(15-23)33(10-11-33)12-13-38-30/h14-15,18,20,22,24-25H,5-13,16-17,19H2,1-4H3,(H,34,37)/t24-,25+. The molecule has 1 aromatic carbocycles. The van der Waals surface area contributed by atoms with Gasteiger partial charge in [-0.05, 0) is 74.1 Å². The Morgan fingerprint density at radius 1 is 1.13 bits per heavy atom. The molecule has 4 aliphatic rings. The van der Waals surface area contributed by atoms with Crippen molar-refractivity contribution in [3.05, 3.63) is 40.6 Å². The molecule has 3 aliphatic carbocycles. The maximum atomic E-state index is 13.5. The fourth-order valence-corrected chi connectivity index (χ4v) is 7.15. The summed E-state index contributed by atoms with van der Waals surface area (Å²) in [6.07, 6.45) is 11.3. The molecule has 3 fully saturated rings. The van der Waals surface area contributed by atoms with Crippen LogP contribution in [0, 0.1) is 12.8 Å². The van der Waals surface area contributed by atoms with Gasteiger partial charge in [0.25, 0.3) is 12.4 Å². The molecule has 6 rings (SSSR count). The largest absolute Gasteiger partial charge is 0.493 e. The first kappa shape index (κ1) is 26.5. The van der Waals surface area contributed by atoms with Gasteiger partial charge in [0.05, 0.1) is 12.2 Å². The number of fused-ring (bicyclic) bond motifs is 2. The van der Waals surface area contributed by atoms with Crippen LogP contribution >= 0.6 is 0 Å². The fourth-order valence-electron chi connectivity index (χ4n) is 7.15. The van der Waals surface area contributed by atoms with E-state index in [0.29, 0.717) is 25.2 Å². The number of nitrogens with zero attached hydrogens (tertiary/aromatic N) is 1. The highest BCUT2D eigenvalue weighted by Crippen LogP contribution is 2.58. The van der Waals surface area contributed by atoms with Crippen molar-refractivity contribution in [1.29, 1.82) is 0 Å². The molecule has 1 N–H and O–H groups in total. The molecule has 210 valence electrons. The highest BCUT2D eigenvalue weighted by atomic mass is 16.5. The molecule has 1 aliphatic heterocycles. The predicted octanol–water partition coefficient (Wildman–Crippen LogP) is 6.59. The Morgan fingerprint density at radius 3 is 2.54 bits per heavy atom. The van der Waals surface area contributed by atoms with Gasteiger partial charge in [0, 0.05) is 53.4 Å². The number of rotatable bonds is 7. The molecule has 0 unspecified atom stereocenters. The topological polar surface area (TPSA) is 69.6 Å². The van der Waals surface area contributed by atoms with Crippen molar-refractivity contribution >= 4 is 12.4 Å². The van der Waals surface area contributed by atoms with Crippen LogP contribution in [-0.2, 0) is 26.9 Å². The Morgan fingerprint density at radius 2 is 1.87 bits per heavy atom. The molecule has 2 heterocycles. The molecule has 6 nitrogen and oxygen atoms in total. The summed E-state index contributed by atoms with van der Waals surface area (Å²) in [5.41, 5.74) is 7.02. The van der Waals surface area contributed by atoms with Crippen molar-refractivity contribution in [3.8, 4) is 17.0 Å². The third-order valence-electron chi connectivity index (χ3n) is 9.90. The van der Waals surface area contributed by atoms with Crippen LogP contribution in [0.15, 0.2) is 18.2 Å². The van der Waals surface area contributed by atoms with Gasteiger partial charge in [-0.15, -0.1) is 0 Å². The first-order valence-electron chi connectivity index (χ1n) is 15.1. The molecule has 1 spiro atoms. The summed E-state index contributed by atoms with van der Waals surface area (Å²) in [6, 6.07) is 6.90. The number of amides is 1. The van der Waals surface area contributed by atoms with Crippen LogP contribution in [0.2, 0.25) is 0 Å². The van der Waals surface area contributed by atoms with Crippen LogP contribution in [0.25, 0.3) is 11.3 Å². The van der Waals surface area contributed by atoms with E-state index in [0.717, 1.165) is 42.3 Å². The van der Waals surface area contributed by atoms with E-state index in [9.17, 15) is 9.59 Å². The van der Waals surface area contributed by atoms with Gasteiger partial charge >= 0.3 is 0 Å². The van der Waals surface area contributed by atoms with Gasteiger partial charge in [-0.1, -0.05) is 40.0 Å². The molecular weight excluding hydrogens is 488 g/mol. The summed E-state index contributed by atoms with van der Waals surface area (Å²) in [4.78, 5) is 24.2. The van der Waals surface area contributed by atoms with Crippen molar-refractivity contribution in [2.75, 3.05) is 6.61 Å². The van der Waals surface area contributed by atoms with Gasteiger partial charge in [0.1, 0.15) is 11.9 Å². The number of benzene rings is 1. The van der Waals surface area contributed by atoms with Crippen LogP contribution in [-0.4, -0.2) is 35.7 Å². The zero-order chi connectivity index (χ0) is 27.4. The van der Waals surface area contributed by atoms with Crippen LogP contribution in [0.1, 0.15) is 112 Å². The second kappa shape index (κ2) is 10.0. The highest BCUT2D eigenvalue weighted by molar-refractivity contribution is 5.97. The SMILES string of the molecule is Cc1c(C(=O)N[C@H]2C[C@@H](OC=O)C2)cc(-c2cc(C(C)(C)C)c3c(c2)C2(CCO3)CC2)n1CC1CCCCC1. The maximum absolute atomic E-state index is 13.5. The van der Waals surface area contributed by atoms with Crippen molar-refractivity contribution < 1.29 is 19.1 Å². The summed E-state index contributed by atoms with van der Waals surface area (Å²) >= 11 is 0. The van der Waals surface area contributed by atoms with Gasteiger partial charge in [-0.25, -0.2) is 0 Å². The highest BCUT2D eigenvalue weighted by Gasteiger charge is 2.49. The molecule has 0 atom stereocenters. The van der Waals surface area contributed by atoms with Crippen LogP contribution in [0.4, 0.5) is 0 Å². The van der Waals surface area contributed by atoms with E-state index in [-0.39, 0.29) is 28.9 Å². The predicted molar refractivity (Wildman–Crippen MR) is 152 cm³/mol. The Labute approximate surface area is 232 Å². The van der Waals surface area contributed by atoms with Gasteiger partial charge in [0.15, 0.2) is 0 Å². The van der Waals surface area contributed by atoms with E-state index in [1.54, 1.807) is 0 Å². The van der Waals surface area contributed by atoms with Crippen molar-refractivity contribution in [3.63, 3.8) is 0 Å². The van der Waals surface area contributed by atoms with E-state index in [2.05, 4.69) is 55.8 Å². The van der Waals surface area contributed by atoms with Gasteiger partial charge in [-0.2, -0.15) is 0 Å². The lowest BCUT2D eigenvalue weighted by Crippen LogP contribution is -2.47. The third kappa shape index (κ3) is 5.00. The smallest absolute Gasteiger partial charge is 0.293 e. The summed E-state index contributed by atoms with van der Waals surface area (Å²) in [7, 11) is 0. The molecule has 0 radical (unpaired) electrons. The Bertz CT molecular complexity index is 1240. The molecule has 1 amide bonds. The lowest BCUT2D eigenvalue weighted by molar-refractivity contribution is -0.138. The lowest BCUT2D eigenvalue weighted by atomic mass is 9.79. The second-order valence-corrected chi connectivity index (χ2v) is 13.7. The minimum Gasteiger partial charge on any atom is -0.493 e. The summed E-state index contributed by atoms with van der Waals surface area (Å²) in [5, 5.41) is 3.20. The fraction of sp³-hybridized carbons (Fsp3) is 0.636. The number of carbonyl (C=O) groups excluding carboxylic acids is 2. The number of aromatic nitrogens is 1. The van der Waals surface area contributed by atoms with E-state index < -0.39 is 0 Å². The number of hydrogen-bond acceptors (Lipinski definition) is 4. The lowest BCUT2D eigenvalue weighted by Gasteiger charge is -2.34.